The second-order valence-corrected chi connectivity index (χ2v) is 7.51. The summed E-state index contributed by atoms with van der Waals surface area (Å²) >= 11 is 0. The van der Waals surface area contributed by atoms with E-state index in [1.165, 1.54) is 19.3 Å². The Morgan fingerprint density at radius 3 is 2.11 bits per heavy atom. The number of carbonyl (C=O) groups is 1. The summed E-state index contributed by atoms with van der Waals surface area (Å²) in [6.07, 6.45) is 4.47. The van der Waals surface area contributed by atoms with Gasteiger partial charge in [-0.25, -0.2) is 4.79 Å². The molecule has 1 aliphatic carbocycles. The van der Waals surface area contributed by atoms with Crippen molar-refractivity contribution < 1.29 is 9.53 Å². The molecular formula is C15H29NO2. The summed E-state index contributed by atoms with van der Waals surface area (Å²) < 4.78 is 5.35. The number of alkyl carbamates (subject to hydrolysis) is 1. The van der Waals surface area contributed by atoms with Gasteiger partial charge in [0.2, 0.25) is 0 Å². The van der Waals surface area contributed by atoms with Crippen LogP contribution in [0.15, 0.2) is 0 Å². The normalized spacial score (nSPS) is 25.7. The molecule has 1 saturated carbocycles. The molecular weight excluding hydrogens is 226 g/mol. The van der Waals surface area contributed by atoms with Gasteiger partial charge < -0.3 is 10.1 Å². The van der Waals surface area contributed by atoms with E-state index in [2.05, 4.69) is 26.1 Å². The van der Waals surface area contributed by atoms with Gasteiger partial charge in [0.1, 0.15) is 5.60 Å². The lowest BCUT2D eigenvalue weighted by Gasteiger charge is -2.40. The van der Waals surface area contributed by atoms with Crippen molar-refractivity contribution in [2.24, 2.45) is 11.3 Å². The highest BCUT2D eigenvalue weighted by Gasteiger charge is 2.35. The van der Waals surface area contributed by atoms with Crippen LogP contribution in [0.5, 0.6) is 0 Å². The molecule has 0 aromatic carbocycles. The van der Waals surface area contributed by atoms with Gasteiger partial charge in [0.25, 0.3) is 0 Å². The van der Waals surface area contributed by atoms with Crippen LogP contribution >= 0.6 is 0 Å². The van der Waals surface area contributed by atoms with Crippen molar-refractivity contribution in [1.82, 2.24) is 5.32 Å². The van der Waals surface area contributed by atoms with Crippen LogP contribution in [-0.2, 0) is 4.74 Å². The molecule has 0 aromatic heterocycles. The van der Waals surface area contributed by atoms with Gasteiger partial charge in [0.15, 0.2) is 0 Å². The molecule has 1 N–H and O–H groups in total. The first-order valence-electron chi connectivity index (χ1n) is 7.09. The van der Waals surface area contributed by atoms with Crippen LogP contribution < -0.4 is 5.32 Å². The summed E-state index contributed by atoms with van der Waals surface area (Å²) in [5.41, 5.74) is -0.184. The summed E-state index contributed by atoms with van der Waals surface area (Å²) in [4.78, 5) is 11.9. The Bertz CT molecular complexity index is 286. The summed E-state index contributed by atoms with van der Waals surface area (Å²) in [5.74, 6) is 0.541. The molecule has 1 amide bonds. The maximum absolute atomic E-state index is 11.9. The average Bonchev–Trinajstić information content (AvgIpc) is 2.13. The third-order valence-electron chi connectivity index (χ3n) is 3.58. The number of hydrogen-bond donors (Lipinski definition) is 1. The second-order valence-electron chi connectivity index (χ2n) is 7.51. The number of nitrogens with one attached hydrogen (secondary N) is 1. The van der Waals surface area contributed by atoms with Crippen LogP contribution in [0.4, 0.5) is 4.79 Å². The molecule has 3 heteroatoms. The van der Waals surface area contributed by atoms with Crippen LogP contribution in [0.2, 0.25) is 0 Å². The summed E-state index contributed by atoms with van der Waals surface area (Å²) in [7, 11) is 0. The Hall–Kier alpha value is -0.730. The van der Waals surface area contributed by atoms with Gasteiger partial charge in [-0.3, -0.25) is 0 Å². The third-order valence-corrected chi connectivity index (χ3v) is 3.58. The summed E-state index contributed by atoms with van der Waals surface area (Å²) in [5, 5.41) is 3.07. The number of hydrogen-bond acceptors (Lipinski definition) is 2. The number of rotatable bonds is 1. The van der Waals surface area contributed by atoms with Crippen molar-refractivity contribution in [2.75, 3.05) is 0 Å². The maximum atomic E-state index is 11.9. The van der Waals surface area contributed by atoms with E-state index < -0.39 is 5.60 Å². The molecule has 0 radical (unpaired) electrons. The van der Waals surface area contributed by atoms with E-state index in [0.717, 1.165) is 6.42 Å². The quantitative estimate of drug-likeness (QED) is 0.765. The minimum absolute atomic E-state index is 0.236. The van der Waals surface area contributed by atoms with E-state index in [1.807, 2.05) is 20.8 Å². The SMILES string of the molecule is CC(C)(C)OC(=O)N[C@H]1CCCC[C@@H]1C(C)(C)C. The van der Waals surface area contributed by atoms with E-state index in [0.29, 0.717) is 5.92 Å². The Kier molecular flexibility index (Phi) is 4.68. The van der Waals surface area contributed by atoms with Crippen molar-refractivity contribution in [3.05, 3.63) is 0 Å². The first kappa shape index (κ1) is 15.3. The van der Waals surface area contributed by atoms with Gasteiger partial charge in [-0.1, -0.05) is 33.6 Å². The average molecular weight is 255 g/mol. The lowest BCUT2D eigenvalue weighted by atomic mass is 9.69. The van der Waals surface area contributed by atoms with Gasteiger partial charge in [0.05, 0.1) is 0 Å². The minimum Gasteiger partial charge on any atom is -0.444 e. The fourth-order valence-electron chi connectivity index (χ4n) is 2.80. The molecule has 0 aliphatic heterocycles. The largest absolute Gasteiger partial charge is 0.444 e. The van der Waals surface area contributed by atoms with Gasteiger partial charge >= 0.3 is 6.09 Å². The van der Waals surface area contributed by atoms with Crippen molar-refractivity contribution in [1.29, 1.82) is 0 Å². The Morgan fingerprint density at radius 2 is 1.61 bits per heavy atom. The smallest absolute Gasteiger partial charge is 0.407 e. The fourth-order valence-corrected chi connectivity index (χ4v) is 2.80. The molecule has 3 nitrogen and oxygen atoms in total. The van der Waals surface area contributed by atoms with Gasteiger partial charge in [-0.15, -0.1) is 0 Å². The molecule has 0 bridgehead atoms. The predicted molar refractivity (Wildman–Crippen MR) is 74.6 cm³/mol. The first-order valence-corrected chi connectivity index (χ1v) is 7.09. The predicted octanol–water partition coefficient (Wildman–Crippen LogP) is 4.12. The molecule has 0 saturated heterocycles. The van der Waals surface area contributed by atoms with Crippen molar-refractivity contribution in [3.8, 4) is 0 Å². The van der Waals surface area contributed by atoms with Crippen LogP contribution in [0.25, 0.3) is 0 Å². The van der Waals surface area contributed by atoms with E-state index in [9.17, 15) is 4.79 Å². The first-order chi connectivity index (χ1) is 8.09. The van der Waals surface area contributed by atoms with E-state index >= 15 is 0 Å². The summed E-state index contributed by atoms with van der Waals surface area (Å²) in [6, 6.07) is 0.258. The number of carbonyl (C=O) groups excluding carboxylic acids is 1. The molecule has 18 heavy (non-hydrogen) atoms. The topological polar surface area (TPSA) is 38.3 Å². The number of ether oxygens (including phenoxy) is 1. The summed E-state index contributed by atoms with van der Waals surface area (Å²) in [6.45, 7) is 12.5. The van der Waals surface area contributed by atoms with Crippen LogP contribution in [0.3, 0.4) is 0 Å². The second kappa shape index (κ2) is 5.50. The molecule has 1 fully saturated rings. The van der Waals surface area contributed by atoms with Crippen molar-refractivity contribution in [3.63, 3.8) is 0 Å². The van der Waals surface area contributed by atoms with Crippen LogP contribution in [0, 0.1) is 11.3 Å². The molecule has 0 spiro atoms. The van der Waals surface area contributed by atoms with Crippen LogP contribution in [-0.4, -0.2) is 17.7 Å². The van der Waals surface area contributed by atoms with Crippen LogP contribution in [0.1, 0.15) is 67.2 Å². The Morgan fingerprint density at radius 1 is 1.06 bits per heavy atom. The highest BCUT2D eigenvalue weighted by Crippen LogP contribution is 2.38. The molecule has 106 valence electrons. The van der Waals surface area contributed by atoms with Gasteiger partial charge in [0, 0.05) is 6.04 Å². The molecule has 0 unspecified atom stereocenters. The van der Waals surface area contributed by atoms with Gasteiger partial charge in [-0.2, -0.15) is 0 Å². The van der Waals surface area contributed by atoms with Crippen molar-refractivity contribution >= 4 is 6.09 Å². The molecule has 1 aliphatic rings. The minimum atomic E-state index is -0.421. The highest BCUT2D eigenvalue weighted by atomic mass is 16.6. The molecule has 0 aromatic rings. The fraction of sp³-hybridized carbons (Fsp3) is 0.933. The zero-order valence-electron chi connectivity index (χ0n) is 12.8. The Balaban J connectivity index is 2.60. The monoisotopic (exact) mass is 255 g/mol. The zero-order chi connectivity index (χ0) is 14.0. The third kappa shape index (κ3) is 4.87. The number of amides is 1. The molecule has 0 heterocycles. The van der Waals surface area contributed by atoms with E-state index in [4.69, 9.17) is 4.74 Å². The lowest BCUT2D eigenvalue weighted by Crippen LogP contribution is -2.48. The van der Waals surface area contributed by atoms with E-state index in [-0.39, 0.29) is 17.6 Å². The standard InChI is InChI=1S/C15H29NO2/c1-14(2,3)11-9-7-8-10-12(11)16-13(17)18-15(4,5)6/h11-12H,7-10H2,1-6H3,(H,16,17)/t11-,12-/m0/s1. The van der Waals surface area contributed by atoms with Gasteiger partial charge in [-0.05, 0) is 44.9 Å². The lowest BCUT2D eigenvalue weighted by molar-refractivity contribution is 0.0415. The zero-order valence-corrected chi connectivity index (χ0v) is 12.8. The maximum Gasteiger partial charge on any atom is 0.407 e. The van der Waals surface area contributed by atoms with Crippen molar-refractivity contribution in [2.45, 2.75) is 78.9 Å². The highest BCUT2D eigenvalue weighted by molar-refractivity contribution is 5.68. The molecule has 1 rings (SSSR count). The molecule has 2 atom stereocenters. The van der Waals surface area contributed by atoms with E-state index in [1.54, 1.807) is 0 Å². The Labute approximate surface area is 112 Å².